The zero-order valence-electron chi connectivity index (χ0n) is 14.4. The van der Waals surface area contributed by atoms with Crippen LogP contribution in [-0.2, 0) is 11.2 Å². The zero-order valence-corrected chi connectivity index (χ0v) is 14.4. The summed E-state index contributed by atoms with van der Waals surface area (Å²) >= 11 is 0. The molecule has 0 aliphatic carbocycles. The van der Waals surface area contributed by atoms with Crippen LogP contribution in [0.1, 0.15) is 34.1 Å². The van der Waals surface area contributed by atoms with E-state index in [0.717, 1.165) is 36.1 Å². The van der Waals surface area contributed by atoms with Gasteiger partial charge in [0.15, 0.2) is 0 Å². The molecule has 0 radical (unpaired) electrons. The van der Waals surface area contributed by atoms with E-state index >= 15 is 0 Å². The van der Waals surface area contributed by atoms with Crippen molar-refractivity contribution < 1.29 is 13.9 Å². The van der Waals surface area contributed by atoms with E-state index < -0.39 is 5.97 Å². The van der Waals surface area contributed by atoms with Crippen molar-refractivity contribution in [2.24, 2.45) is 0 Å². The second kappa shape index (κ2) is 6.84. The number of methoxy groups -OCH3 is 1. The van der Waals surface area contributed by atoms with Crippen LogP contribution in [-0.4, -0.2) is 40.9 Å². The number of hydrogen-bond donors (Lipinski definition) is 1. The van der Waals surface area contributed by atoms with Crippen molar-refractivity contribution in [1.29, 1.82) is 0 Å². The Hall–Kier alpha value is -2.80. The SMILES string of the molecule is COC(=O)c1ccncc1Cc1nn([C@H]2CCNC2)c2ccc(F)cc12. The smallest absolute Gasteiger partial charge is 0.338 e. The van der Waals surface area contributed by atoms with E-state index in [1.165, 1.54) is 19.2 Å². The van der Waals surface area contributed by atoms with Crippen LogP contribution < -0.4 is 5.32 Å². The number of carbonyl (C=O) groups excluding carboxylic acids is 1. The standard InChI is InChI=1S/C19H19FN4O2/c1-26-19(25)15-5-7-21-10-12(15)8-17-16-9-13(20)2-3-18(16)24(23-17)14-4-6-22-11-14/h2-3,5,7,9-10,14,22H,4,6,8,11H2,1H3/t14-/m0/s1. The van der Waals surface area contributed by atoms with Crippen molar-refractivity contribution in [2.45, 2.75) is 18.9 Å². The van der Waals surface area contributed by atoms with Crippen molar-refractivity contribution in [2.75, 3.05) is 20.2 Å². The van der Waals surface area contributed by atoms with Crippen LogP contribution in [0.15, 0.2) is 36.7 Å². The Morgan fingerprint density at radius 1 is 1.42 bits per heavy atom. The van der Waals surface area contributed by atoms with E-state index in [9.17, 15) is 9.18 Å². The number of hydrogen-bond acceptors (Lipinski definition) is 5. The maximum atomic E-state index is 13.9. The van der Waals surface area contributed by atoms with Crippen LogP contribution in [0.3, 0.4) is 0 Å². The Labute approximate surface area is 150 Å². The third-order valence-corrected chi connectivity index (χ3v) is 4.79. The first-order chi connectivity index (χ1) is 12.7. The first-order valence-corrected chi connectivity index (χ1v) is 8.56. The van der Waals surface area contributed by atoms with Gasteiger partial charge in [0.25, 0.3) is 0 Å². The van der Waals surface area contributed by atoms with Gasteiger partial charge < -0.3 is 10.1 Å². The number of nitrogens with zero attached hydrogens (tertiary/aromatic N) is 3. The quantitative estimate of drug-likeness (QED) is 0.729. The summed E-state index contributed by atoms with van der Waals surface area (Å²) in [6.07, 6.45) is 4.54. The molecule has 26 heavy (non-hydrogen) atoms. The van der Waals surface area contributed by atoms with Gasteiger partial charge >= 0.3 is 5.97 Å². The fraction of sp³-hybridized carbons (Fsp3) is 0.316. The fourth-order valence-corrected chi connectivity index (χ4v) is 3.49. The summed E-state index contributed by atoms with van der Waals surface area (Å²) in [5.41, 5.74) is 2.78. The number of aromatic nitrogens is 3. The lowest BCUT2D eigenvalue weighted by Gasteiger charge is -2.10. The van der Waals surface area contributed by atoms with E-state index in [1.54, 1.807) is 24.5 Å². The molecule has 6 nitrogen and oxygen atoms in total. The molecule has 1 N–H and O–H groups in total. The minimum absolute atomic E-state index is 0.241. The van der Waals surface area contributed by atoms with Crippen LogP contribution in [0.25, 0.3) is 10.9 Å². The Morgan fingerprint density at radius 2 is 2.31 bits per heavy atom. The van der Waals surface area contributed by atoms with E-state index in [0.29, 0.717) is 17.5 Å². The second-order valence-electron chi connectivity index (χ2n) is 6.40. The first-order valence-electron chi connectivity index (χ1n) is 8.56. The molecular formula is C19H19FN4O2. The molecule has 0 amide bonds. The summed E-state index contributed by atoms with van der Waals surface area (Å²) in [5.74, 6) is -0.723. The van der Waals surface area contributed by atoms with E-state index in [4.69, 9.17) is 9.84 Å². The molecule has 7 heteroatoms. The highest BCUT2D eigenvalue weighted by molar-refractivity contribution is 5.91. The van der Waals surface area contributed by atoms with Crippen molar-refractivity contribution in [3.63, 3.8) is 0 Å². The van der Waals surface area contributed by atoms with Crippen molar-refractivity contribution in [3.05, 3.63) is 59.3 Å². The normalized spacial score (nSPS) is 16.9. The number of fused-ring (bicyclic) bond motifs is 1. The van der Waals surface area contributed by atoms with Gasteiger partial charge in [-0.15, -0.1) is 0 Å². The molecule has 0 spiro atoms. The number of ether oxygens (including phenoxy) is 1. The number of pyridine rings is 1. The maximum absolute atomic E-state index is 13.9. The van der Waals surface area contributed by atoms with Gasteiger partial charge in [-0.3, -0.25) is 9.67 Å². The van der Waals surface area contributed by atoms with Crippen LogP contribution in [0, 0.1) is 5.82 Å². The Bertz CT molecular complexity index is 963. The monoisotopic (exact) mass is 354 g/mol. The molecule has 0 bridgehead atoms. The lowest BCUT2D eigenvalue weighted by atomic mass is 10.0. The minimum Gasteiger partial charge on any atom is -0.465 e. The molecule has 1 atom stereocenters. The summed E-state index contributed by atoms with van der Waals surface area (Å²) in [6.45, 7) is 1.78. The lowest BCUT2D eigenvalue weighted by molar-refractivity contribution is 0.0599. The topological polar surface area (TPSA) is 69.0 Å². The van der Waals surface area contributed by atoms with Crippen molar-refractivity contribution in [3.8, 4) is 0 Å². The third-order valence-electron chi connectivity index (χ3n) is 4.79. The van der Waals surface area contributed by atoms with Crippen LogP contribution in [0.4, 0.5) is 4.39 Å². The van der Waals surface area contributed by atoms with E-state index in [-0.39, 0.29) is 11.9 Å². The fourth-order valence-electron chi connectivity index (χ4n) is 3.49. The number of rotatable bonds is 4. The molecule has 0 saturated carbocycles. The highest BCUT2D eigenvalue weighted by atomic mass is 19.1. The summed E-state index contributed by atoms with van der Waals surface area (Å²) in [7, 11) is 1.35. The van der Waals surface area contributed by atoms with Gasteiger partial charge in [0, 0.05) is 30.7 Å². The molecule has 3 aromatic rings. The minimum atomic E-state index is -0.419. The Morgan fingerprint density at radius 3 is 3.08 bits per heavy atom. The molecule has 1 aliphatic rings. The van der Waals surface area contributed by atoms with Gasteiger partial charge in [-0.1, -0.05) is 0 Å². The average molecular weight is 354 g/mol. The van der Waals surface area contributed by atoms with Gasteiger partial charge in [-0.2, -0.15) is 5.10 Å². The molecule has 4 rings (SSSR count). The highest BCUT2D eigenvalue weighted by Crippen LogP contribution is 2.27. The van der Waals surface area contributed by atoms with Crippen molar-refractivity contribution >= 4 is 16.9 Å². The number of nitrogens with one attached hydrogen (secondary N) is 1. The Kier molecular flexibility index (Phi) is 4.38. The van der Waals surface area contributed by atoms with Gasteiger partial charge in [0.05, 0.1) is 29.9 Å². The summed E-state index contributed by atoms with van der Waals surface area (Å²) in [4.78, 5) is 16.1. The molecule has 1 aromatic carbocycles. The predicted octanol–water partition coefficient (Wildman–Crippen LogP) is 2.48. The predicted molar refractivity (Wildman–Crippen MR) is 94.6 cm³/mol. The van der Waals surface area contributed by atoms with Crippen molar-refractivity contribution in [1.82, 2.24) is 20.1 Å². The molecule has 1 fully saturated rings. The highest BCUT2D eigenvalue weighted by Gasteiger charge is 2.22. The van der Waals surface area contributed by atoms with Crippen LogP contribution >= 0.6 is 0 Å². The maximum Gasteiger partial charge on any atom is 0.338 e. The van der Waals surface area contributed by atoms with Crippen LogP contribution in [0.2, 0.25) is 0 Å². The molecule has 1 saturated heterocycles. The van der Waals surface area contributed by atoms with Gasteiger partial charge in [-0.05, 0) is 42.8 Å². The van der Waals surface area contributed by atoms with Gasteiger partial charge in [0.2, 0.25) is 0 Å². The number of carbonyl (C=O) groups is 1. The molecule has 3 heterocycles. The number of halogens is 1. The summed E-state index contributed by atoms with van der Waals surface area (Å²) in [6, 6.07) is 6.60. The molecular weight excluding hydrogens is 335 g/mol. The molecule has 1 aliphatic heterocycles. The molecule has 2 aromatic heterocycles. The second-order valence-corrected chi connectivity index (χ2v) is 6.40. The third kappa shape index (κ3) is 2.94. The summed E-state index contributed by atoms with van der Waals surface area (Å²) in [5, 5.41) is 8.86. The number of benzene rings is 1. The van der Waals surface area contributed by atoms with Crippen LogP contribution in [0.5, 0.6) is 0 Å². The summed E-state index contributed by atoms with van der Waals surface area (Å²) < 4.78 is 20.7. The first kappa shape index (κ1) is 16.7. The van der Waals surface area contributed by atoms with Gasteiger partial charge in [0.1, 0.15) is 5.82 Å². The Balaban J connectivity index is 1.80. The number of esters is 1. The zero-order chi connectivity index (χ0) is 18.1. The van der Waals surface area contributed by atoms with E-state index in [2.05, 4.69) is 10.3 Å². The lowest BCUT2D eigenvalue weighted by Crippen LogP contribution is -2.14. The molecule has 134 valence electrons. The average Bonchev–Trinajstić information content (AvgIpc) is 3.30. The molecule has 0 unspecified atom stereocenters. The van der Waals surface area contributed by atoms with Gasteiger partial charge in [-0.25, -0.2) is 9.18 Å². The largest absolute Gasteiger partial charge is 0.465 e. The van der Waals surface area contributed by atoms with E-state index in [1.807, 2.05) is 4.68 Å².